The highest BCUT2D eigenvalue weighted by molar-refractivity contribution is 6.08. The number of aryl methyl sites for hydroxylation is 1. The summed E-state index contributed by atoms with van der Waals surface area (Å²) in [7, 11) is 0. The van der Waals surface area contributed by atoms with E-state index in [2.05, 4.69) is 0 Å². The predicted octanol–water partition coefficient (Wildman–Crippen LogP) is 4.37. The maximum atomic E-state index is 12.3. The molecule has 124 valence electrons. The zero-order valence-electron chi connectivity index (χ0n) is 14.0. The average Bonchev–Trinajstić information content (AvgIpc) is 2.98. The zero-order chi connectivity index (χ0) is 17.4. The van der Waals surface area contributed by atoms with Gasteiger partial charge in [0.1, 0.15) is 6.61 Å². The van der Waals surface area contributed by atoms with E-state index in [-0.39, 0.29) is 18.4 Å². The second-order valence-corrected chi connectivity index (χ2v) is 6.42. The summed E-state index contributed by atoms with van der Waals surface area (Å²) in [6.45, 7) is 2.29. The first-order valence-corrected chi connectivity index (χ1v) is 8.44. The molecule has 1 aliphatic carbocycles. The topological polar surface area (TPSA) is 43.4 Å². The van der Waals surface area contributed by atoms with Gasteiger partial charge in [0.15, 0.2) is 5.78 Å². The number of allylic oxidation sites excluding steroid dienone is 1. The number of fused-ring (bicyclic) bond motifs is 1. The van der Waals surface area contributed by atoms with Gasteiger partial charge in [0.25, 0.3) is 0 Å². The van der Waals surface area contributed by atoms with E-state index < -0.39 is 0 Å². The summed E-state index contributed by atoms with van der Waals surface area (Å²) in [5.74, 6) is -0.130. The molecule has 0 atom stereocenters. The average molecular weight is 330 g/mol. The molecule has 0 spiro atoms. The smallest absolute Gasteiger partial charge is 0.338 e. The number of ether oxygens (including phenoxy) is 1. The van der Waals surface area contributed by atoms with Gasteiger partial charge in [-0.3, -0.25) is 4.79 Å². The third-order valence-electron chi connectivity index (χ3n) is 4.90. The van der Waals surface area contributed by atoms with Crippen molar-refractivity contribution in [2.45, 2.75) is 19.8 Å². The van der Waals surface area contributed by atoms with E-state index >= 15 is 0 Å². The van der Waals surface area contributed by atoms with Crippen molar-refractivity contribution in [2.24, 2.45) is 0 Å². The summed E-state index contributed by atoms with van der Waals surface area (Å²) in [4.78, 5) is 24.5. The van der Waals surface area contributed by atoms with Gasteiger partial charge in [0, 0.05) is 17.6 Å². The molecule has 0 aromatic heterocycles. The summed E-state index contributed by atoms with van der Waals surface area (Å²) < 4.78 is 5.34. The molecule has 4 rings (SSSR count). The van der Waals surface area contributed by atoms with Crippen LogP contribution >= 0.6 is 0 Å². The number of Topliss-reactive ketones (excluding diaryl/α,β-unsaturated/α-hetero) is 1. The summed E-state index contributed by atoms with van der Waals surface area (Å²) >= 11 is 0. The molecule has 1 saturated heterocycles. The number of cyclic esters (lactones) is 1. The first-order valence-electron chi connectivity index (χ1n) is 8.44. The molecule has 2 aliphatic rings. The van der Waals surface area contributed by atoms with Gasteiger partial charge in [-0.1, -0.05) is 48.5 Å². The molecule has 3 heteroatoms. The van der Waals surface area contributed by atoms with E-state index in [1.54, 1.807) is 0 Å². The van der Waals surface area contributed by atoms with Crippen molar-refractivity contribution in [1.29, 1.82) is 0 Å². The summed E-state index contributed by atoms with van der Waals surface area (Å²) in [6.07, 6.45) is 3.03. The molecule has 2 aromatic rings. The van der Waals surface area contributed by atoms with Crippen LogP contribution in [0, 0.1) is 6.92 Å². The van der Waals surface area contributed by atoms with Crippen LogP contribution < -0.4 is 0 Å². The van der Waals surface area contributed by atoms with Crippen molar-refractivity contribution < 1.29 is 14.3 Å². The highest BCUT2D eigenvalue weighted by atomic mass is 16.5. The number of carbonyl (C=O) groups excluding carboxylic acids is 2. The Hall–Kier alpha value is -2.94. The molecular weight excluding hydrogens is 312 g/mol. The van der Waals surface area contributed by atoms with Crippen LogP contribution in [0.4, 0.5) is 0 Å². The molecule has 1 heterocycles. The summed E-state index contributed by atoms with van der Waals surface area (Å²) in [5, 5.41) is 0. The number of carbonyl (C=O) groups is 2. The number of hydrogen-bond donors (Lipinski definition) is 0. The Morgan fingerprint density at radius 1 is 0.880 bits per heavy atom. The molecule has 0 amide bonds. The Labute approximate surface area is 146 Å². The van der Waals surface area contributed by atoms with E-state index in [1.165, 1.54) is 0 Å². The van der Waals surface area contributed by atoms with Crippen molar-refractivity contribution in [1.82, 2.24) is 0 Å². The van der Waals surface area contributed by atoms with E-state index in [4.69, 9.17) is 4.74 Å². The number of hydrogen-bond acceptors (Lipinski definition) is 3. The Morgan fingerprint density at radius 3 is 2.40 bits per heavy atom. The molecule has 1 aliphatic heterocycles. The monoisotopic (exact) mass is 330 g/mol. The molecule has 1 fully saturated rings. The summed E-state index contributed by atoms with van der Waals surface area (Å²) in [6, 6.07) is 15.6. The van der Waals surface area contributed by atoms with Gasteiger partial charge in [-0.25, -0.2) is 4.79 Å². The highest BCUT2D eigenvalue weighted by Gasteiger charge is 2.31. The van der Waals surface area contributed by atoms with E-state index in [9.17, 15) is 9.59 Å². The molecule has 3 nitrogen and oxygen atoms in total. The fourth-order valence-corrected chi connectivity index (χ4v) is 3.53. The molecule has 0 unspecified atom stereocenters. The predicted molar refractivity (Wildman–Crippen MR) is 97.0 cm³/mol. The van der Waals surface area contributed by atoms with Gasteiger partial charge in [-0.2, -0.15) is 0 Å². The van der Waals surface area contributed by atoms with Crippen molar-refractivity contribution in [3.8, 4) is 0 Å². The van der Waals surface area contributed by atoms with E-state index in [0.29, 0.717) is 18.4 Å². The molecule has 0 radical (unpaired) electrons. The normalized spacial score (nSPS) is 21.4. The van der Waals surface area contributed by atoms with Gasteiger partial charge < -0.3 is 4.74 Å². The fourth-order valence-electron chi connectivity index (χ4n) is 3.53. The lowest BCUT2D eigenvalue weighted by molar-refractivity contribution is -0.134. The van der Waals surface area contributed by atoms with Gasteiger partial charge in [0.2, 0.25) is 0 Å². The second kappa shape index (κ2) is 6.17. The highest BCUT2D eigenvalue weighted by Crippen LogP contribution is 2.38. The van der Waals surface area contributed by atoms with Crippen LogP contribution in [0.1, 0.15) is 39.9 Å². The second-order valence-electron chi connectivity index (χ2n) is 6.42. The van der Waals surface area contributed by atoms with Gasteiger partial charge in [-0.15, -0.1) is 0 Å². The summed E-state index contributed by atoms with van der Waals surface area (Å²) in [5.41, 5.74) is 6.36. The third-order valence-corrected chi connectivity index (χ3v) is 4.90. The minimum Gasteiger partial charge on any atom is -0.457 e. The quantitative estimate of drug-likeness (QED) is 0.576. The number of esters is 1. The minimum absolute atomic E-state index is 0.162. The maximum absolute atomic E-state index is 12.3. The van der Waals surface area contributed by atoms with Gasteiger partial charge in [-0.05, 0) is 41.7 Å². The van der Waals surface area contributed by atoms with Crippen molar-refractivity contribution in [2.75, 3.05) is 6.61 Å². The SMILES string of the molecule is Cc1ccccc1/C=C1/C(=O)OC/C1=C1/CCC(=O)c2ccccc21. The number of ketones is 1. The first-order chi connectivity index (χ1) is 12.1. The van der Waals surface area contributed by atoms with Crippen LogP contribution in [-0.2, 0) is 9.53 Å². The number of rotatable bonds is 1. The molecule has 2 aromatic carbocycles. The lowest BCUT2D eigenvalue weighted by Gasteiger charge is -2.20. The molecule has 0 N–H and O–H groups in total. The van der Waals surface area contributed by atoms with E-state index in [1.807, 2.05) is 61.5 Å². The molecule has 0 bridgehead atoms. The number of benzene rings is 2. The van der Waals surface area contributed by atoms with Crippen LogP contribution in [-0.4, -0.2) is 18.4 Å². The standard InChI is InChI=1S/C22H18O3/c1-14-6-2-3-7-15(14)12-19-20(13-25-22(19)24)17-10-11-21(23)18-9-5-4-8-16(17)18/h2-9,12H,10-11,13H2,1H3/b19-12+,20-17+. The van der Waals surface area contributed by atoms with Crippen LogP contribution in [0.2, 0.25) is 0 Å². The van der Waals surface area contributed by atoms with Crippen molar-refractivity contribution >= 4 is 23.4 Å². The Bertz CT molecular complexity index is 947. The molecular formula is C22H18O3. The largest absolute Gasteiger partial charge is 0.457 e. The van der Waals surface area contributed by atoms with Crippen molar-refractivity contribution in [3.63, 3.8) is 0 Å². The fraction of sp³-hybridized carbons (Fsp3) is 0.182. The van der Waals surface area contributed by atoms with Gasteiger partial charge in [0.05, 0.1) is 5.57 Å². The zero-order valence-corrected chi connectivity index (χ0v) is 14.0. The van der Waals surface area contributed by atoms with Gasteiger partial charge >= 0.3 is 5.97 Å². The lowest BCUT2D eigenvalue weighted by atomic mass is 9.82. The third kappa shape index (κ3) is 2.72. The Balaban J connectivity index is 1.89. The van der Waals surface area contributed by atoms with Crippen LogP contribution in [0.3, 0.4) is 0 Å². The maximum Gasteiger partial charge on any atom is 0.338 e. The molecule has 0 saturated carbocycles. The Morgan fingerprint density at radius 2 is 1.60 bits per heavy atom. The lowest BCUT2D eigenvalue weighted by Crippen LogP contribution is -2.11. The van der Waals surface area contributed by atoms with E-state index in [0.717, 1.165) is 33.4 Å². The minimum atomic E-state index is -0.292. The van der Waals surface area contributed by atoms with Crippen LogP contribution in [0.5, 0.6) is 0 Å². The van der Waals surface area contributed by atoms with Crippen LogP contribution in [0.25, 0.3) is 11.6 Å². The molecule has 25 heavy (non-hydrogen) atoms. The van der Waals surface area contributed by atoms with Crippen LogP contribution in [0.15, 0.2) is 59.7 Å². The first kappa shape index (κ1) is 15.6. The Kier molecular flexibility index (Phi) is 3.85. The van der Waals surface area contributed by atoms with Crippen molar-refractivity contribution in [3.05, 3.63) is 81.9 Å².